The topological polar surface area (TPSA) is 109 Å². The molecule has 2 aromatic rings. The van der Waals surface area contributed by atoms with Gasteiger partial charge >= 0.3 is 11.8 Å². The average Bonchev–Trinajstić information content (AvgIpc) is 2.74. The second-order valence-electron chi connectivity index (χ2n) is 6.87. The Morgan fingerprint density at radius 3 is 2.48 bits per heavy atom. The van der Waals surface area contributed by atoms with E-state index in [0.29, 0.717) is 23.4 Å². The van der Waals surface area contributed by atoms with E-state index in [-0.39, 0.29) is 23.6 Å². The van der Waals surface area contributed by atoms with Crippen LogP contribution in [0.4, 0.5) is 5.69 Å². The van der Waals surface area contributed by atoms with Gasteiger partial charge in [0, 0.05) is 11.7 Å². The van der Waals surface area contributed by atoms with Crippen LogP contribution < -0.4 is 20.8 Å². The van der Waals surface area contributed by atoms with E-state index >= 15 is 0 Å². The minimum Gasteiger partial charge on any atom is -0.482 e. The Hall–Kier alpha value is -3.39. The lowest BCUT2D eigenvalue weighted by molar-refractivity contribution is -0.139. The van der Waals surface area contributed by atoms with E-state index in [1.165, 1.54) is 6.21 Å². The highest BCUT2D eigenvalue weighted by Crippen LogP contribution is 2.25. The van der Waals surface area contributed by atoms with E-state index < -0.39 is 11.8 Å². The van der Waals surface area contributed by atoms with Gasteiger partial charge in [-0.1, -0.05) is 36.2 Å². The first-order chi connectivity index (χ1) is 14.8. The summed E-state index contributed by atoms with van der Waals surface area (Å²) in [7, 11) is 0. The second kappa shape index (κ2) is 11.7. The molecule has 31 heavy (non-hydrogen) atoms. The van der Waals surface area contributed by atoms with Crippen LogP contribution in [-0.2, 0) is 14.4 Å². The summed E-state index contributed by atoms with van der Waals surface area (Å²) in [6.07, 6.45) is 2.05. The Morgan fingerprint density at radius 1 is 1.13 bits per heavy atom. The molecule has 8 nitrogen and oxygen atoms in total. The van der Waals surface area contributed by atoms with Gasteiger partial charge in [0.25, 0.3) is 5.91 Å². The number of hydrogen-bond donors (Lipinski definition) is 3. The number of amides is 3. The highest BCUT2D eigenvalue weighted by Gasteiger charge is 2.14. The second-order valence-corrected chi connectivity index (χ2v) is 7.28. The minimum absolute atomic E-state index is 0.104. The van der Waals surface area contributed by atoms with Crippen LogP contribution in [0, 0.1) is 6.92 Å². The van der Waals surface area contributed by atoms with E-state index in [1.807, 2.05) is 26.0 Å². The molecule has 0 saturated heterocycles. The van der Waals surface area contributed by atoms with E-state index in [1.54, 1.807) is 37.3 Å². The Kier molecular flexibility index (Phi) is 9.02. The summed E-state index contributed by atoms with van der Waals surface area (Å²) < 4.78 is 5.46. The summed E-state index contributed by atoms with van der Waals surface area (Å²) in [6.45, 7) is 5.45. The van der Waals surface area contributed by atoms with Crippen LogP contribution in [0.25, 0.3) is 0 Å². The maximum Gasteiger partial charge on any atom is 0.329 e. The van der Waals surface area contributed by atoms with Gasteiger partial charge in [0.15, 0.2) is 6.61 Å². The molecule has 3 N–H and O–H groups in total. The lowest BCUT2D eigenvalue weighted by Crippen LogP contribution is -2.41. The number of carbonyl (C=O) groups excluding carboxylic acids is 3. The first kappa shape index (κ1) is 23.9. The van der Waals surface area contributed by atoms with Gasteiger partial charge in [-0.15, -0.1) is 0 Å². The number of ether oxygens (including phenoxy) is 1. The molecule has 0 saturated carbocycles. The number of carbonyl (C=O) groups is 3. The molecule has 2 rings (SSSR count). The summed E-state index contributed by atoms with van der Waals surface area (Å²) in [5, 5.41) is 9.29. The highest BCUT2D eigenvalue weighted by atomic mass is 35.5. The van der Waals surface area contributed by atoms with Gasteiger partial charge in [-0.05, 0) is 56.2 Å². The van der Waals surface area contributed by atoms with Crippen LogP contribution in [-0.4, -0.2) is 36.6 Å². The molecule has 0 fully saturated rings. The number of nitrogens with one attached hydrogen (secondary N) is 3. The molecule has 0 aliphatic rings. The lowest BCUT2D eigenvalue weighted by atomic mass is 10.2. The third-order valence-corrected chi connectivity index (χ3v) is 4.52. The van der Waals surface area contributed by atoms with E-state index in [0.717, 1.165) is 5.56 Å². The van der Waals surface area contributed by atoms with Crippen molar-refractivity contribution in [1.29, 1.82) is 0 Å². The number of halogens is 1. The van der Waals surface area contributed by atoms with Gasteiger partial charge in [0.05, 0.1) is 11.2 Å². The molecule has 0 spiro atoms. The van der Waals surface area contributed by atoms with Gasteiger partial charge in [0.2, 0.25) is 0 Å². The molecule has 0 radical (unpaired) electrons. The normalized spacial score (nSPS) is 11.6. The predicted octanol–water partition coefficient (Wildman–Crippen LogP) is 3.03. The largest absolute Gasteiger partial charge is 0.482 e. The fraction of sp³-hybridized carbons (Fsp3) is 0.273. The number of nitrogens with zero attached hydrogens (tertiary/aromatic N) is 1. The van der Waals surface area contributed by atoms with Crippen molar-refractivity contribution in [2.75, 3.05) is 11.9 Å². The molecule has 0 aromatic heterocycles. The molecule has 0 aliphatic carbocycles. The summed E-state index contributed by atoms with van der Waals surface area (Å²) in [5.41, 5.74) is 4.50. The third-order valence-electron chi connectivity index (χ3n) is 4.23. The quantitative estimate of drug-likeness (QED) is 0.330. The Balaban J connectivity index is 1.84. The van der Waals surface area contributed by atoms with Crippen molar-refractivity contribution in [2.24, 2.45) is 5.10 Å². The first-order valence-electron chi connectivity index (χ1n) is 9.71. The monoisotopic (exact) mass is 444 g/mol. The molecule has 164 valence electrons. The predicted molar refractivity (Wildman–Crippen MR) is 120 cm³/mol. The number of hydrazone groups is 1. The van der Waals surface area contributed by atoms with Crippen molar-refractivity contribution < 1.29 is 19.1 Å². The summed E-state index contributed by atoms with van der Waals surface area (Å²) in [5.74, 6) is -1.60. The molecule has 0 aliphatic heterocycles. The van der Waals surface area contributed by atoms with Gasteiger partial charge in [0.1, 0.15) is 5.75 Å². The smallest absolute Gasteiger partial charge is 0.329 e. The summed E-state index contributed by atoms with van der Waals surface area (Å²) in [4.78, 5) is 35.3. The Bertz CT molecular complexity index is 960. The molecule has 0 bridgehead atoms. The number of aryl methyl sites for hydroxylation is 1. The van der Waals surface area contributed by atoms with Crippen molar-refractivity contribution in [1.82, 2.24) is 10.7 Å². The zero-order valence-electron chi connectivity index (χ0n) is 17.6. The van der Waals surface area contributed by atoms with Crippen molar-refractivity contribution in [3.8, 4) is 5.75 Å². The molecule has 2 aromatic carbocycles. The lowest BCUT2D eigenvalue weighted by Gasteiger charge is -2.10. The third kappa shape index (κ3) is 8.10. The van der Waals surface area contributed by atoms with E-state index in [4.69, 9.17) is 16.3 Å². The van der Waals surface area contributed by atoms with Crippen LogP contribution >= 0.6 is 11.6 Å². The SMILES string of the molecule is CC[C@H](C)NC(=O)C(=O)N/N=C\c1ccc(OCC(=O)Nc2ccc(C)cc2)c(Cl)c1. The minimum atomic E-state index is -0.859. The number of anilines is 1. The van der Waals surface area contributed by atoms with Crippen LogP contribution in [0.3, 0.4) is 0 Å². The highest BCUT2D eigenvalue weighted by molar-refractivity contribution is 6.35. The van der Waals surface area contributed by atoms with Crippen LogP contribution in [0.15, 0.2) is 47.6 Å². The average molecular weight is 445 g/mol. The maximum absolute atomic E-state index is 12.0. The molecule has 9 heteroatoms. The molecular formula is C22H25ClN4O4. The van der Waals surface area contributed by atoms with Gasteiger partial charge < -0.3 is 15.4 Å². The van der Waals surface area contributed by atoms with Gasteiger partial charge in [-0.2, -0.15) is 5.10 Å². The number of benzene rings is 2. The van der Waals surface area contributed by atoms with Gasteiger partial charge in [-0.25, -0.2) is 5.43 Å². The Labute approximate surface area is 186 Å². The molecule has 1 atom stereocenters. The van der Waals surface area contributed by atoms with Crippen molar-refractivity contribution in [3.63, 3.8) is 0 Å². The molecule has 0 heterocycles. The molecular weight excluding hydrogens is 420 g/mol. The standard InChI is InChI=1S/C22H25ClN4O4/c1-4-15(3)25-21(29)22(30)27-24-12-16-7-10-19(18(23)11-16)31-13-20(28)26-17-8-5-14(2)6-9-17/h5-12,15H,4,13H2,1-3H3,(H,25,29)(H,26,28)(H,27,30)/b24-12-/t15-/m0/s1. The summed E-state index contributed by atoms with van der Waals surface area (Å²) >= 11 is 6.19. The van der Waals surface area contributed by atoms with Gasteiger partial charge in [-0.3, -0.25) is 14.4 Å². The van der Waals surface area contributed by atoms with Crippen LogP contribution in [0.1, 0.15) is 31.4 Å². The molecule has 3 amide bonds. The van der Waals surface area contributed by atoms with E-state index in [9.17, 15) is 14.4 Å². The molecule has 0 unspecified atom stereocenters. The fourth-order valence-electron chi connectivity index (χ4n) is 2.30. The Morgan fingerprint density at radius 2 is 1.84 bits per heavy atom. The number of hydrogen-bond acceptors (Lipinski definition) is 5. The van der Waals surface area contributed by atoms with E-state index in [2.05, 4.69) is 21.2 Å². The summed E-state index contributed by atoms with van der Waals surface area (Å²) in [6, 6.07) is 12.1. The van der Waals surface area contributed by atoms with Crippen molar-refractivity contribution in [3.05, 3.63) is 58.6 Å². The zero-order chi connectivity index (χ0) is 22.8. The van der Waals surface area contributed by atoms with Crippen LogP contribution in [0.5, 0.6) is 5.75 Å². The zero-order valence-corrected chi connectivity index (χ0v) is 18.3. The van der Waals surface area contributed by atoms with Crippen LogP contribution in [0.2, 0.25) is 5.02 Å². The maximum atomic E-state index is 12.0. The van der Waals surface area contributed by atoms with Crippen molar-refractivity contribution in [2.45, 2.75) is 33.2 Å². The van der Waals surface area contributed by atoms with Crippen molar-refractivity contribution >= 4 is 41.2 Å². The first-order valence-corrected chi connectivity index (χ1v) is 10.1. The number of rotatable bonds is 8. The fourth-order valence-corrected chi connectivity index (χ4v) is 2.54.